The smallest absolute Gasteiger partial charge is 0.369 e. The minimum absolute atomic E-state index is 2.26. The normalized spacial score (nSPS) is 14.4. The Morgan fingerprint density at radius 2 is 0.720 bits per heavy atom. The highest BCUT2D eigenvalue weighted by molar-refractivity contribution is 6.36. The SMILES string of the molecule is FC(F)C(F)(F)CO[SiH](OCC(F)(F)C(F)F)OCC(F)(F)C(F)F. The average molecular weight is 422 g/mol. The van der Waals surface area contributed by atoms with Crippen LogP contribution in [0.5, 0.6) is 0 Å². The zero-order valence-electron chi connectivity index (χ0n) is 11.7. The Bertz CT molecular complexity index is 337. The van der Waals surface area contributed by atoms with Crippen LogP contribution in [0.15, 0.2) is 0 Å². The van der Waals surface area contributed by atoms with Crippen molar-refractivity contribution >= 4 is 9.53 Å². The maximum atomic E-state index is 12.6. The summed E-state index contributed by atoms with van der Waals surface area (Å²) < 4.78 is 158. The first kappa shape index (κ1) is 24.3. The Hall–Kier alpha value is -0.743. The second kappa shape index (κ2) is 9.27. The van der Waals surface area contributed by atoms with E-state index in [4.69, 9.17) is 0 Å². The highest BCUT2D eigenvalue weighted by Crippen LogP contribution is 2.27. The van der Waals surface area contributed by atoms with Crippen LogP contribution in [0.4, 0.5) is 52.7 Å². The van der Waals surface area contributed by atoms with Crippen molar-refractivity contribution in [2.45, 2.75) is 37.0 Å². The molecule has 0 saturated heterocycles. The molecule has 0 N–H and O–H groups in total. The molecule has 0 aliphatic rings. The Labute approximate surface area is 133 Å². The zero-order valence-corrected chi connectivity index (χ0v) is 12.8. The minimum atomic E-state index is -4.88. The van der Waals surface area contributed by atoms with Gasteiger partial charge in [0, 0.05) is 0 Å². The molecule has 0 rings (SSSR count). The molecule has 25 heavy (non-hydrogen) atoms. The lowest BCUT2D eigenvalue weighted by Crippen LogP contribution is -2.44. The summed E-state index contributed by atoms with van der Waals surface area (Å²) in [5.74, 6) is -14.6. The molecule has 0 amide bonds. The highest BCUT2D eigenvalue weighted by atomic mass is 28.3. The second-order valence-corrected chi connectivity index (χ2v) is 5.98. The monoisotopic (exact) mass is 422 g/mol. The largest absolute Gasteiger partial charge is 0.484 e. The van der Waals surface area contributed by atoms with E-state index in [1.54, 1.807) is 0 Å². The van der Waals surface area contributed by atoms with Crippen LogP contribution in [0, 0.1) is 0 Å². The van der Waals surface area contributed by atoms with Crippen molar-refractivity contribution in [1.82, 2.24) is 0 Å². The number of rotatable bonds is 12. The Kier molecular flexibility index (Phi) is 8.99. The maximum Gasteiger partial charge on any atom is 0.484 e. The lowest BCUT2D eigenvalue weighted by atomic mass is 10.4. The summed E-state index contributed by atoms with van der Waals surface area (Å²) in [4.78, 5) is 0. The Balaban J connectivity index is 4.87. The molecule has 0 fully saturated rings. The van der Waals surface area contributed by atoms with Crippen LogP contribution >= 0.6 is 0 Å². The molecular weight excluding hydrogens is 412 g/mol. The molecule has 3 nitrogen and oxygen atoms in total. The quantitative estimate of drug-likeness (QED) is 0.356. The second-order valence-electron chi connectivity index (χ2n) is 4.41. The molecule has 0 aromatic carbocycles. The van der Waals surface area contributed by atoms with E-state index in [1.807, 2.05) is 0 Å². The third kappa shape index (κ3) is 8.45. The molecule has 0 heterocycles. The van der Waals surface area contributed by atoms with Crippen LogP contribution in [0.1, 0.15) is 0 Å². The Morgan fingerprint density at radius 1 is 0.520 bits per heavy atom. The van der Waals surface area contributed by atoms with Gasteiger partial charge in [-0.3, -0.25) is 0 Å². The van der Waals surface area contributed by atoms with Crippen molar-refractivity contribution in [3.8, 4) is 0 Å². The summed E-state index contributed by atoms with van der Waals surface area (Å²) in [6.07, 6.45) is -12.9. The van der Waals surface area contributed by atoms with Crippen molar-refractivity contribution in [2.24, 2.45) is 0 Å². The third-order valence-corrected chi connectivity index (χ3v) is 3.51. The summed E-state index contributed by atoms with van der Waals surface area (Å²) in [7, 11) is -4.60. The van der Waals surface area contributed by atoms with E-state index in [0.29, 0.717) is 0 Å². The van der Waals surface area contributed by atoms with Crippen molar-refractivity contribution in [1.29, 1.82) is 0 Å². The van der Waals surface area contributed by atoms with Gasteiger partial charge in [0.1, 0.15) is 19.8 Å². The number of halogens is 12. The standard InChI is InChI=1S/C9H10F12O3Si/c10-4(11)7(16,17)1-22-25(23-2-8(18,19)5(12)13)24-3-9(20,21)6(14)15/h4-6,25H,1-3H2. The summed E-state index contributed by atoms with van der Waals surface area (Å²) in [6, 6.07) is 0. The molecule has 0 aliphatic carbocycles. The zero-order chi connectivity index (χ0) is 20.1. The first-order chi connectivity index (χ1) is 11.1. The molecule has 0 aliphatic heterocycles. The van der Waals surface area contributed by atoms with E-state index in [0.717, 1.165) is 0 Å². The molecule has 0 spiro atoms. The van der Waals surface area contributed by atoms with E-state index in [2.05, 4.69) is 13.3 Å². The lowest BCUT2D eigenvalue weighted by Gasteiger charge is -2.24. The summed E-state index contributed by atoms with van der Waals surface area (Å²) in [5.41, 5.74) is 0. The molecule has 16 heteroatoms. The van der Waals surface area contributed by atoms with Crippen LogP contribution in [0.2, 0.25) is 0 Å². The molecule has 0 atom stereocenters. The number of alkyl halides is 12. The minimum Gasteiger partial charge on any atom is -0.369 e. The van der Waals surface area contributed by atoms with Crippen LogP contribution in [0.3, 0.4) is 0 Å². The molecule has 152 valence electrons. The number of hydrogen-bond acceptors (Lipinski definition) is 3. The van der Waals surface area contributed by atoms with Gasteiger partial charge in [-0.25, -0.2) is 26.3 Å². The van der Waals surface area contributed by atoms with Crippen molar-refractivity contribution in [3.05, 3.63) is 0 Å². The fourth-order valence-corrected chi connectivity index (χ4v) is 2.23. The molecule has 0 saturated carbocycles. The van der Waals surface area contributed by atoms with Crippen LogP contribution < -0.4 is 0 Å². The van der Waals surface area contributed by atoms with Gasteiger partial charge in [-0.1, -0.05) is 0 Å². The van der Waals surface area contributed by atoms with Crippen LogP contribution in [0.25, 0.3) is 0 Å². The van der Waals surface area contributed by atoms with Crippen LogP contribution in [-0.4, -0.2) is 66.4 Å². The summed E-state index contributed by atoms with van der Waals surface area (Å²) in [6.45, 7) is -6.79. The molecular formula is C9H10F12O3Si. The van der Waals surface area contributed by atoms with E-state index >= 15 is 0 Å². The van der Waals surface area contributed by atoms with Gasteiger partial charge in [-0.2, -0.15) is 26.3 Å². The van der Waals surface area contributed by atoms with Gasteiger partial charge in [0.2, 0.25) is 0 Å². The maximum absolute atomic E-state index is 12.6. The molecule has 0 aromatic heterocycles. The fourth-order valence-electron chi connectivity index (χ4n) is 0.871. The lowest BCUT2D eigenvalue weighted by molar-refractivity contribution is -0.178. The van der Waals surface area contributed by atoms with Gasteiger partial charge < -0.3 is 13.3 Å². The van der Waals surface area contributed by atoms with Crippen molar-refractivity contribution < 1.29 is 66.0 Å². The first-order valence-corrected chi connectivity index (χ1v) is 7.36. The van der Waals surface area contributed by atoms with E-state index in [1.165, 1.54) is 0 Å². The molecule has 0 unspecified atom stereocenters. The van der Waals surface area contributed by atoms with Gasteiger partial charge in [0.15, 0.2) is 0 Å². The average Bonchev–Trinajstić information content (AvgIpc) is 2.45. The van der Waals surface area contributed by atoms with Crippen LogP contribution in [-0.2, 0) is 13.3 Å². The highest BCUT2D eigenvalue weighted by Gasteiger charge is 2.46. The predicted octanol–water partition coefficient (Wildman–Crippen LogP) is 3.45. The predicted molar refractivity (Wildman–Crippen MR) is 57.9 cm³/mol. The Morgan fingerprint density at radius 3 is 0.880 bits per heavy atom. The van der Waals surface area contributed by atoms with Gasteiger partial charge >= 0.3 is 46.6 Å². The van der Waals surface area contributed by atoms with Gasteiger partial charge in [0.05, 0.1) is 0 Å². The number of hydrogen-bond donors (Lipinski definition) is 0. The van der Waals surface area contributed by atoms with E-state index < -0.39 is 66.4 Å². The summed E-state index contributed by atoms with van der Waals surface area (Å²) >= 11 is 0. The van der Waals surface area contributed by atoms with E-state index in [-0.39, 0.29) is 0 Å². The van der Waals surface area contributed by atoms with Gasteiger partial charge in [-0.05, 0) is 0 Å². The fraction of sp³-hybridized carbons (Fsp3) is 1.00. The third-order valence-electron chi connectivity index (χ3n) is 2.19. The molecule has 0 aromatic rings. The van der Waals surface area contributed by atoms with E-state index in [9.17, 15) is 52.7 Å². The summed E-state index contributed by atoms with van der Waals surface area (Å²) in [5, 5.41) is 0. The van der Waals surface area contributed by atoms with Gasteiger partial charge in [-0.15, -0.1) is 0 Å². The van der Waals surface area contributed by atoms with Crippen molar-refractivity contribution in [3.63, 3.8) is 0 Å². The molecule has 0 bridgehead atoms. The topological polar surface area (TPSA) is 27.7 Å². The molecule has 0 radical (unpaired) electrons. The van der Waals surface area contributed by atoms with Crippen molar-refractivity contribution in [2.75, 3.05) is 19.8 Å². The first-order valence-electron chi connectivity index (χ1n) is 5.94. The van der Waals surface area contributed by atoms with Gasteiger partial charge in [0.25, 0.3) is 0 Å².